The Bertz CT molecular complexity index is 362. The van der Waals surface area contributed by atoms with Crippen LogP contribution in [0.5, 0.6) is 0 Å². The zero-order valence-electron chi connectivity index (χ0n) is 14.0. The molecule has 3 nitrogen and oxygen atoms in total. The summed E-state index contributed by atoms with van der Waals surface area (Å²) in [6, 6.07) is 10.2. The van der Waals surface area contributed by atoms with Gasteiger partial charge in [0.2, 0.25) is 0 Å². The van der Waals surface area contributed by atoms with Gasteiger partial charge in [-0.25, -0.2) is 0 Å². The summed E-state index contributed by atoms with van der Waals surface area (Å²) in [5.41, 5.74) is 13.9. The van der Waals surface area contributed by atoms with Crippen molar-refractivity contribution < 1.29 is 4.74 Å². The van der Waals surface area contributed by atoms with Crippen LogP contribution in [0.4, 0.5) is 0 Å². The Morgan fingerprint density at radius 2 is 1.33 bits per heavy atom. The second-order valence-corrected chi connectivity index (χ2v) is 6.85. The summed E-state index contributed by atoms with van der Waals surface area (Å²) in [5.74, 6) is 1.10. The summed E-state index contributed by atoms with van der Waals surface area (Å²) in [4.78, 5) is 0. The molecular weight excluding hydrogens is 260 g/mol. The average Bonchev–Trinajstić information content (AvgIpc) is 2.38. The van der Waals surface area contributed by atoms with Gasteiger partial charge in [0.25, 0.3) is 0 Å². The molecule has 120 valence electrons. The van der Waals surface area contributed by atoms with Crippen LogP contribution >= 0.6 is 0 Å². The Morgan fingerprint density at radius 3 is 1.76 bits per heavy atom. The van der Waals surface area contributed by atoms with E-state index >= 15 is 0 Å². The number of benzene rings is 1. The molecule has 0 aliphatic rings. The molecule has 2 atom stereocenters. The van der Waals surface area contributed by atoms with Crippen molar-refractivity contribution in [1.82, 2.24) is 0 Å². The minimum Gasteiger partial charge on any atom is -0.370 e. The molecule has 0 heterocycles. The molecule has 0 aliphatic heterocycles. The molecule has 0 aliphatic carbocycles. The van der Waals surface area contributed by atoms with Crippen LogP contribution in [0.15, 0.2) is 30.3 Å². The van der Waals surface area contributed by atoms with Crippen molar-refractivity contribution in [3.05, 3.63) is 35.9 Å². The average molecular weight is 292 g/mol. The lowest BCUT2D eigenvalue weighted by Gasteiger charge is -2.31. The van der Waals surface area contributed by atoms with E-state index in [0.29, 0.717) is 18.4 Å². The molecule has 0 radical (unpaired) electrons. The van der Waals surface area contributed by atoms with Gasteiger partial charge >= 0.3 is 0 Å². The topological polar surface area (TPSA) is 61.3 Å². The summed E-state index contributed by atoms with van der Waals surface area (Å²) in [5, 5.41) is 0. The fourth-order valence-corrected chi connectivity index (χ4v) is 2.69. The van der Waals surface area contributed by atoms with Crippen LogP contribution in [0.1, 0.15) is 46.1 Å². The van der Waals surface area contributed by atoms with E-state index in [1.54, 1.807) is 0 Å². The molecule has 21 heavy (non-hydrogen) atoms. The lowest BCUT2D eigenvalue weighted by Crippen LogP contribution is -2.49. The van der Waals surface area contributed by atoms with Crippen molar-refractivity contribution in [2.45, 2.75) is 65.3 Å². The van der Waals surface area contributed by atoms with E-state index in [1.165, 1.54) is 0 Å². The van der Waals surface area contributed by atoms with Gasteiger partial charge in [0, 0.05) is 12.1 Å². The number of hydrogen-bond acceptors (Lipinski definition) is 3. The zero-order chi connectivity index (χ0) is 15.8. The van der Waals surface area contributed by atoms with Crippen LogP contribution in [0, 0.1) is 11.8 Å². The second kappa shape index (κ2) is 9.19. The summed E-state index contributed by atoms with van der Waals surface area (Å²) in [6.07, 6.45) is 1.78. The Kier molecular flexibility index (Phi) is 7.94. The van der Waals surface area contributed by atoms with E-state index in [1.807, 2.05) is 18.2 Å². The smallest absolute Gasteiger partial charge is 0.0881 e. The number of ether oxygens (including phenoxy) is 1. The van der Waals surface area contributed by atoms with Gasteiger partial charge in [0.05, 0.1) is 12.7 Å². The van der Waals surface area contributed by atoms with Crippen molar-refractivity contribution >= 4 is 0 Å². The molecule has 3 heteroatoms. The molecule has 4 N–H and O–H groups in total. The van der Waals surface area contributed by atoms with Gasteiger partial charge in [0.15, 0.2) is 0 Å². The second-order valence-electron chi connectivity index (χ2n) is 6.85. The van der Waals surface area contributed by atoms with E-state index in [2.05, 4.69) is 39.8 Å². The molecule has 1 aromatic carbocycles. The predicted octanol–water partition coefficient (Wildman–Crippen LogP) is 3.32. The summed E-state index contributed by atoms with van der Waals surface area (Å²) in [6.45, 7) is 9.30. The molecule has 1 aromatic rings. The molecule has 1 rings (SSSR count). The first-order chi connectivity index (χ1) is 9.90. The number of hydrogen-bond donors (Lipinski definition) is 2. The molecular formula is C18H32N2O. The normalized spacial score (nSPS) is 14.9. The van der Waals surface area contributed by atoms with Crippen molar-refractivity contribution in [2.24, 2.45) is 23.3 Å². The van der Waals surface area contributed by atoms with Gasteiger partial charge in [-0.15, -0.1) is 0 Å². The van der Waals surface area contributed by atoms with Crippen molar-refractivity contribution in [3.8, 4) is 0 Å². The Hall–Kier alpha value is -0.900. The first-order valence-electron chi connectivity index (χ1n) is 8.06. The van der Waals surface area contributed by atoms with E-state index in [-0.39, 0.29) is 18.2 Å². The van der Waals surface area contributed by atoms with Crippen molar-refractivity contribution in [3.63, 3.8) is 0 Å². The highest BCUT2D eigenvalue weighted by Gasteiger charge is 2.26. The highest BCUT2D eigenvalue weighted by Crippen LogP contribution is 2.17. The standard InChI is InChI=1S/C18H32N2O/c1-13(2)10-16(19)18(17(20)11-14(3)4)21-12-15-8-6-5-7-9-15/h5-9,13-14,16-18H,10-12,19-20H2,1-4H3/t16-,17-/m0/s1. The monoisotopic (exact) mass is 292 g/mol. The summed E-state index contributed by atoms with van der Waals surface area (Å²) < 4.78 is 6.10. The first kappa shape index (κ1) is 18.1. The van der Waals surface area contributed by atoms with Crippen LogP contribution in [0.3, 0.4) is 0 Å². The maximum atomic E-state index is 6.35. The van der Waals surface area contributed by atoms with Crippen LogP contribution in [0.25, 0.3) is 0 Å². The van der Waals surface area contributed by atoms with Gasteiger partial charge in [-0.05, 0) is 30.2 Å². The minimum absolute atomic E-state index is 0.0116. The van der Waals surface area contributed by atoms with Crippen LogP contribution in [-0.4, -0.2) is 18.2 Å². The largest absolute Gasteiger partial charge is 0.370 e. The van der Waals surface area contributed by atoms with Crippen LogP contribution in [0.2, 0.25) is 0 Å². The number of nitrogens with two attached hydrogens (primary N) is 2. The fraction of sp³-hybridized carbons (Fsp3) is 0.667. The van der Waals surface area contributed by atoms with Gasteiger partial charge in [-0.3, -0.25) is 0 Å². The molecule has 0 saturated carbocycles. The molecule has 0 bridgehead atoms. The lowest BCUT2D eigenvalue weighted by molar-refractivity contribution is -0.00121. The molecule has 0 amide bonds. The predicted molar refractivity (Wildman–Crippen MR) is 89.9 cm³/mol. The van der Waals surface area contributed by atoms with E-state index in [0.717, 1.165) is 18.4 Å². The third kappa shape index (κ3) is 7.07. The van der Waals surface area contributed by atoms with Gasteiger partial charge in [0.1, 0.15) is 0 Å². The molecule has 0 saturated heterocycles. The fourth-order valence-electron chi connectivity index (χ4n) is 2.69. The zero-order valence-corrected chi connectivity index (χ0v) is 14.0. The molecule has 0 unspecified atom stereocenters. The SMILES string of the molecule is CC(C)C[C@H](N)C(OCc1ccccc1)[C@@H](N)CC(C)C. The quantitative estimate of drug-likeness (QED) is 0.734. The minimum atomic E-state index is -0.0880. The lowest BCUT2D eigenvalue weighted by atomic mass is 9.91. The van der Waals surface area contributed by atoms with Gasteiger partial charge < -0.3 is 16.2 Å². The van der Waals surface area contributed by atoms with Crippen molar-refractivity contribution in [1.29, 1.82) is 0 Å². The van der Waals surface area contributed by atoms with Gasteiger partial charge in [-0.2, -0.15) is 0 Å². The summed E-state index contributed by atoms with van der Waals surface area (Å²) in [7, 11) is 0. The third-order valence-electron chi connectivity index (χ3n) is 3.62. The highest BCUT2D eigenvalue weighted by molar-refractivity contribution is 5.13. The Balaban J connectivity index is 2.66. The Labute approximate surface area is 130 Å². The number of rotatable bonds is 9. The molecule has 0 fully saturated rings. The Morgan fingerprint density at radius 1 is 0.857 bits per heavy atom. The van der Waals surface area contributed by atoms with Gasteiger partial charge in [-0.1, -0.05) is 58.0 Å². The van der Waals surface area contributed by atoms with E-state index < -0.39 is 0 Å². The first-order valence-corrected chi connectivity index (χ1v) is 8.06. The summed E-state index contributed by atoms with van der Waals surface area (Å²) >= 11 is 0. The highest BCUT2D eigenvalue weighted by atomic mass is 16.5. The van der Waals surface area contributed by atoms with E-state index in [4.69, 9.17) is 16.2 Å². The molecule has 0 spiro atoms. The molecule has 0 aromatic heterocycles. The van der Waals surface area contributed by atoms with Crippen LogP contribution < -0.4 is 11.5 Å². The third-order valence-corrected chi connectivity index (χ3v) is 3.62. The van der Waals surface area contributed by atoms with Crippen molar-refractivity contribution in [2.75, 3.05) is 0 Å². The maximum Gasteiger partial charge on any atom is 0.0881 e. The van der Waals surface area contributed by atoms with E-state index in [9.17, 15) is 0 Å². The maximum absolute atomic E-state index is 6.35. The van der Waals surface area contributed by atoms with Crippen LogP contribution in [-0.2, 0) is 11.3 Å².